The highest BCUT2D eigenvalue weighted by atomic mass is 16.5. The van der Waals surface area contributed by atoms with Crippen LogP contribution in [-0.2, 0) is 5.54 Å². The number of hydrogen-bond acceptors (Lipinski definition) is 2. The molecule has 0 spiro atoms. The van der Waals surface area contributed by atoms with E-state index in [1.54, 1.807) is 0 Å². The van der Waals surface area contributed by atoms with Gasteiger partial charge in [-0.15, -0.1) is 0 Å². The van der Waals surface area contributed by atoms with Crippen molar-refractivity contribution in [3.05, 3.63) is 126 Å². The van der Waals surface area contributed by atoms with Gasteiger partial charge >= 0.3 is 0 Å². The van der Waals surface area contributed by atoms with Crippen molar-refractivity contribution in [3.8, 4) is 11.1 Å². The molecule has 0 aromatic heterocycles. The van der Waals surface area contributed by atoms with Crippen molar-refractivity contribution in [2.24, 2.45) is 0 Å². The fourth-order valence-electron chi connectivity index (χ4n) is 4.30. The molecule has 27 heavy (non-hydrogen) atoms. The topological polar surface area (TPSA) is 23.5 Å². The van der Waals surface area contributed by atoms with Crippen LogP contribution in [-0.4, -0.2) is 5.21 Å². The third-order valence-electron chi connectivity index (χ3n) is 5.44. The number of benzene rings is 4. The monoisotopic (exact) mass is 349 g/mol. The molecule has 1 aliphatic rings. The highest BCUT2D eigenvalue weighted by molar-refractivity contribution is 5.87. The predicted octanol–water partition coefficient (Wildman–Crippen LogP) is 5.85. The van der Waals surface area contributed by atoms with Crippen LogP contribution in [0.1, 0.15) is 16.7 Å². The Bertz CT molecular complexity index is 1050. The molecule has 0 aliphatic carbocycles. The van der Waals surface area contributed by atoms with Crippen molar-refractivity contribution in [1.29, 1.82) is 0 Å². The summed E-state index contributed by atoms with van der Waals surface area (Å²) >= 11 is 0. The quantitative estimate of drug-likeness (QED) is 0.490. The van der Waals surface area contributed by atoms with Gasteiger partial charge in [-0.3, -0.25) is 5.21 Å². The molecular weight excluding hydrogens is 330 g/mol. The molecule has 5 rings (SSSR count). The van der Waals surface area contributed by atoms with Gasteiger partial charge in [0.25, 0.3) is 0 Å². The molecule has 4 aromatic rings. The predicted molar refractivity (Wildman–Crippen MR) is 109 cm³/mol. The molecule has 0 amide bonds. The van der Waals surface area contributed by atoms with E-state index in [4.69, 9.17) is 0 Å². The van der Waals surface area contributed by atoms with Gasteiger partial charge in [-0.2, -0.15) is 0 Å². The molecule has 1 aliphatic heterocycles. The van der Waals surface area contributed by atoms with E-state index in [1.807, 2.05) is 60.7 Å². The Labute approximate surface area is 158 Å². The lowest BCUT2D eigenvalue weighted by Gasteiger charge is -2.47. The lowest BCUT2D eigenvalue weighted by molar-refractivity contribution is 0.192. The molecule has 0 saturated carbocycles. The largest absolute Gasteiger partial charge is 0.287 e. The molecule has 0 unspecified atom stereocenters. The molecule has 0 saturated heterocycles. The van der Waals surface area contributed by atoms with Crippen LogP contribution in [0.4, 0.5) is 5.69 Å². The van der Waals surface area contributed by atoms with E-state index in [0.717, 1.165) is 33.5 Å². The first-order chi connectivity index (χ1) is 13.3. The fourth-order valence-corrected chi connectivity index (χ4v) is 4.30. The van der Waals surface area contributed by atoms with E-state index in [-0.39, 0.29) is 0 Å². The van der Waals surface area contributed by atoms with Gasteiger partial charge in [0, 0.05) is 5.56 Å². The molecule has 130 valence electrons. The van der Waals surface area contributed by atoms with Crippen LogP contribution in [0.2, 0.25) is 0 Å². The van der Waals surface area contributed by atoms with Crippen LogP contribution in [0.15, 0.2) is 109 Å². The summed E-state index contributed by atoms with van der Waals surface area (Å²) in [6.07, 6.45) is 0. The molecule has 0 bridgehead atoms. The van der Waals surface area contributed by atoms with Gasteiger partial charge in [-0.1, -0.05) is 103 Å². The molecule has 1 heterocycles. The maximum atomic E-state index is 11.7. The third-order valence-corrected chi connectivity index (χ3v) is 5.44. The van der Waals surface area contributed by atoms with Gasteiger partial charge < -0.3 is 0 Å². The molecule has 1 N–H and O–H groups in total. The van der Waals surface area contributed by atoms with E-state index in [9.17, 15) is 5.21 Å². The van der Waals surface area contributed by atoms with Crippen molar-refractivity contribution in [1.82, 2.24) is 0 Å². The minimum Gasteiger partial charge on any atom is -0.287 e. The Morgan fingerprint density at radius 3 is 1.63 bits per heavy atom. The summed E-state index contributed by atoms with van der Waals surface area (Å²) in [6.45, 7) is 0. The standard InChI is InChI=1S/C25H19NO/c27-26-24-18-10-8-16-22(24)21-15-7-9-17-23(21)25(26,19-11-3-1-4-12-19)20-13-5-2-6-14-20/h1-18,27H. The molecule has 2 heteroatoms. The van der Waals surface area contributed by atoms with Crippen LogP contribution in [0.5, 0.6) is 0 Å². The van der Waals surface area contributed by atoms with Gasteiger partial charge in [0.05, 0.1) is 5.69 Å². The molecule has 4 aromatic carbocycles. The van der Waals surface area contributed by atoms with Crippen molar-refractivity contribution < 1.29 is 5.21 Å². The highest BCUT2D eigenvalue weighted by Crippen LogP contribution is 2.52. The van der Waals surface area contributed by atoms with Crippen LogP contribution in [0.3, 0.4) is 0 Å². The number of hydrogen-bond donors (Lipinski definition) is 1. The van der Waals surface area contributed by atoms with Crippen LogP contribution in [0, 0.1) is 0 Å². The number of hydroxylamine groups is 1. The smallest absolute Gasteiger partial charge is 0.143 e. The summed E-state index contributed by atoms with van der Waals surface area (Å²) in [7, 11) is 0. The lowest BCUT2D eigenvalue weighted by atomic mass is 9.71. The van der Waals surface area contributed by atoms with Crippen LogP contribution < -0.4 is 5.06 Å². The van der Waals surface area contributed by atoms with Gasteiger partial charge in [-0.05, 0) is 28.3 Å². The maximum Gasteiger partial charge on any atom is 0.143 e. The first-order valence-corrected chi connectivity index (χ1v) is 9.12. The van der Waals surface area contributed by atoms with Crippen LogP contribution in [0.25, 0.3) is 11.1 Å². The second-order valence-corrected chi connectivity index (χ2v) is 6.82. The van der Waals surface area contributed by atoms with Crippen molar-refractivity contribution >= 4 is 5.69 Å². The van der Waals surface area contributed by atoms with Gasteiger partial charge in [-0.25, -0.2) is 5.06 Å². The summed E-state index contributed by atoms with van der Waals surface area (Å²) < 4.78 is 0. The van der Waals surface area contributed by atoms with E-state index >= 15 is 0 Å². The van der Waals surface area contributed by atoms with E-state index in [1.165, 1.54) is 5.06 Å². The zero-order chi connectivity index (χ0) is 18.3. The Morgan fingerprint density at radius 2 is 1.00 bits per heavy atom. The Kier molecular flexibility index (Phi) is 3.59. The average Bonchev–Trinajstić information content (AvgIpc) is 2.76. The SMILES string of the molecule is ON1c2ccccc2-c2ccccc2C1(c1ccccc1)c1ccccc1. The Hall–Kier alpha value is -3.36. The van der Waals surface area contributed by atoms with Crippen molar-refractivity contribution in [3.63, 3.8) is 0 Å². The Balaban J connectivity index is 1.95. The number of fused-ring (bicyclic) bond motifs is 3. The first-order valence-electron chi connectivity index (χ1n) is 9.12. The third kappa shape index (κ3) is 2.17. The number of anilines is 1. The molecule has 0 radical (unpaired) electrons. The summed E-state index contributed by atoms with van der Waals surface area (Å²) in [5.41, 5.74) is 5.31. The average molecular weight is 349 g/mol. The van der Waals surface area contributed by atoms with E-state index < -0.39 is 5.54 Å². The zero-order valence-electron chi connectivity index (χ0n) is 14.8. The molecular formula is C25H19NO. The lowest BCUT2D eigenvalue weighted by Crippen LogP contribution is -2.48. The molecule has 2 nitrogen and oxygen atoms in total. The first kappa shape index (κ1) is 15.9. The highest BCUT2D eigenvalue weighted by Gasteiger charge is 2.47. The number of para-hydroxylation sites is 1. The molecule has 0 fully saturated rings. The molecule has 0 atom stereocenters. The van der Waals surface area contributed by atoms with Gasteiger partial charge in [0.15, 0.2) is 0 Å². The van der Waals surface area contributed by atoms with Gasteiger partial charge in [0.1, 0.15) is 5.54 Å². The summed E-state index contributed by atoms with van der Waals surface area (Å²) in [5, 5.41) is 13.1. The second kappa shape index (κ2) is 6.11. The van der Waals surface area contributed by atoms with E-state index in [0.29, 0.717) is 0 Å². The Morgan fingerprint density at radius 1 is 0.519 bits per heavy atom. The number of rotatable bonds is 2. The zero-order valence-corrected chi connectivity index (χ0v) is 14.8. The fraction of sp³-hybridized carbons (Fsp3) is 0.0400. The summed E-state index contributed by atoms with van der Waals surface area (Å²) in [5.74, 6) is 0. The van der Waals surface area contributed by atoms with E-state index in [2.05, 4.69) is 48.5 Å². The van der Waals surface area contributed by atoms with Crippen molar-refractivity contribution in [2.45, 2.75) is 5.54 Å². The van der Waals surface area contributed by atoms with Crippen LogP contribution >= 0.6 is 0 Å². The number of nitrogens with zero attached hydrogens (tertiary/aromatic N) is 1. The normalized spacial score (nSPS) is 14.3. The van der Waals surface area contributed by atoms with Gasteiger partial charge in [0.2, 0.25) is 0 Å². The van der Waals surface area contributed by atoms with Crippen molar-refractivity contribution in [2.75, 3.05) is 5.06 Å². The minimum absolute atomic E-state index is 0.809. The summed E-state index contributed by atoms with van der Waals surface area (Å²) in [6, 6.07) is 36.8. The minimum atomic E-state index is -0.812. The second-order valence-electron chi connectivity index (χ2n) is 6.82. The summed E-state index contributed by atoms with van der Waals surface area (Å²) in [4.78, 5) is 0. The maximum absolute atomic E-state index is 11.7.